The fourth-order valence-electron chi connectivity index (χ4n) is 2.36. The van der Waals surface area contributed by atoms with E-state index in [1.165, 1.54) is 0 Å². The van der Waals surface area contributed by atoms with Crippen molar-refractivity contribution in [1.29, 1.82) is 0 Å². The Bertz CT molecular complexity index is 907. The van der Waals surface area contributed by atoms with Gasteiger partial charge in [0.25, 0.3) is 0 Å². The van der Waals surface area contributed by atoms with Crippen LogP contribution in [0, 0.1) is 0 Å². The maximum atomic E-state index is 12.0. The summed E-state index contributed by atoms with van der Waals surface area (Å²) in [4.78, 5) is 32.7. The third-order valence-electron chi connectivity index (χ3n) is 4.06. The number of hydrogen-bond acceptors (Lipinski definition) is 6. The molecule has 0 saturated carbocycles. The standard InChI is InChI=1S/C20H24N2O4.C2HF3O2/c1-25-17-9-5-8-15(12-17)10-11-22-20(24)18(21)13-19(23)26-14-16-6-3-2-4-7-16;3-2(4,5)1(6)7/h2-9,12,18H,10-11,13-14,21H2,1H3,(H,22,24);(H,6,7)/t18-;/m0./s1. The maximum Gasteiger partial charge on any atom is 0.490 e. The normalized spacial score (nSPS) is 11.4. The number of carboxylic acids is 1. The van der Waals surface area contributed by atoms with Crippen molar-refractivity contribution in [2.75, 3.05) is 13.7 Å². The Morgan fingerprint density at radius 2 is 1.67 bits per heavy atom. The Morgan fingerprint density at radius 1 is 1.06 bits per heavy atom. The molecule has 2 aromatic carbocycles. The summed E-state index contributed by atoms with van der Waals surface area (Å²) in [6, 6.07) is 16.0. The van der Waals surface area contributed by atoms with Crippen LogP contribution in [0.15, 0.2) is 54.6 Å². The number of nitrogens with two attached hydrogens (primary N) is 1. The first-order valence-corrected chi connectivity index (χ1v) is 9.68. The minimum absolute atomic E-state index is 0.155. The molecule has 8 nitrogen and oxygen atoms in total. The topological polar surface area (TPSA) is 128 Å². The van der Waals surface area contributed by atoms with Gasteiger partial charge in [0.15, 0.2) is 0 Å². The SMILES string of the molecule is COc1cccc(CCNC(=O)[C@@H](N)CC(=O)OCc2ccccc2)c1.O=C(O)C(F)(F)F. The van der Waals surface area contributed by atoms with Crippen molar-refractivity contribution < 1.29 is 42.1 Å². The molecule has 0 aliphatic rings. The van der Waals surface area contributed by atoms with Crippen molar-refractivity contribution in [3.05, 3.63) is 65.7 Å². The number of alkyl halides is 3. The highest BCUT2D eigenvalue weighted by atomic mass is 19.4. The predicted molar refractivity (Wildman–Crippen MR) is 112 cm³/mol. The predicted octanol–water partition coefficient (Wildman–Crippen LogP) is 2.45. The van der Waals surface area contributed by atoms with Crippen LogP contribution in [-0.4, -0.2) is 48.8 Å². The second kappa shape index (κ2) is 13.7. The van der Waals surface area contributed by atoms with Crippen LogP contribution in [0.25, 0.3) is 0 Å². The van der Waals surface area contributed by atoms with Crippen LogP contribution in [0.5, 0.6) is 5.75 Å². The molecule has 0 aliphatic heterocycles. The number of hydrogen-bond donors (Lipinski definition) is 3. The van der Waals surface area contributed by atoms with E-state index in [1.54, 1.807) is 7.11 Å². The summed E-state index contributed by atoms with van der Waals surface area (Å²) in [7, 11) is 1.61. The van der Waals surface area contributed by atoms with Gasteiger partial charge >= 0.3 is 18.1 Å². The molecule has 33 heavy (non-hydrogen) atoms. The zero-order valence-corrected chi connectivity index (χ0v) is 17.8. The van der Waals surface area contributed by atoms with Crippen LogP contribution in [0.4, 0.5) is 13.2 Å². The van der Waals surface area contributed by atoms with E-state index in [0.29, 0.717) is 13.0 Å². The third-order valence-corrected chi connectivity index (χ3v) is 4.06. The van der Waals surface area contributed by atoms with Gasteiger partial charge in [-0.3, -0.25) is 9.59 Å². The Balaban J connectivity index is 0.000000675. The van der Waals surface area contributed by atoms with Crippen molar-refractivity contribution in [1.82, 2.24) is 5.32 Å². The van der Waals surface area contributed by atoms with Gasteiger partial charge in [-0.15, -0.1) is 0 Å². The summed E-state index contributed by atoms with van der Waals surface area (Å²) in [5.74, 6) is -2.85. The molecule has 2 rings (SSSR count). The fourth-order valence-corrected chi connectivity index (χ4v) is 2.36. The summed E-state index contributed by atoms with van der Waals surface area (Å²) in [6.07, 6.45) is -4.59. The highest BCUT2D eigenvalue weighted by molar-refractivity contribution is 5.86. The van der Waals surface area contributed by atoms with Crippen molar-refractivity contribution in [3.8, 4) is 5.75 Å². The minimum Gasteiger partial charge on any atom is -0.497 e. The van der Waals surface area contributed by atoms with E-state index < -0.39 is 24.2 Å². The molecular weight excluding hydrogens is 445 g/mol. The lowest BCUT2D eigenvalue weighted by Crippen LogP contribution is -2.42. The molecule has 0 spiro atoms. The lowest BCUT2D eigenvalue weighted by molar-refractivity contribution is -0.192. The summed E-state index contributed by atoms with van der Waals surface area (Å²) in [5, 5.41) is 9.86. The molecule has 0 unspecified atom stereocenters. The quantitative estimate of drug-likeness (QED) is 0.480. The highest BCUT2D eigenvalue weighted by Gasteiger charge is 2.38. The van der Waals surface area contributed by atoms with Gasteiger partial charge in [0.2, 0.25) is 5.91 Å². The zero-order chi connectivity index (χ0) is 24.9. The number of amides is 1. The molecule has 0 fully saturated rings. The molecule has 2 aromatic rings. The molecule has 0 aliphatic carbocycles. The number of halogens is 3. The summed E-state index contributed by atoms with van der Waals surface area (Å²) in [5.41, 5.74) is 7.71. The molecule has 4 N–H and O–H groups in total. The number of rotatable bonds is 9. The smallest absolute Gasteiger partial charge is 0.490 e. The molecule has 0 bridgehead atoms. The number of benzene rings is 2. The summed E-state index contributed by atoms with van der Waals surface area (Å²) < 4.78 is 42.0. The Labute approximate surface area is 188 Å². The zero-order valence-electron chi connectivity index (χ0n) is 17.8. The first kappa shape index (κ1) is 27.4. The Hall–Kier alpha value is -3.60. The Morgan fingerprint density at radius 3 is 2.24 bits per heavy atom. The number of esters is 1. The van der Waals surface area contributed by atoms with Crippen molar-refractivity contribution in [3.63, 3.8) is 0 Å². The highest BCUT2D eigenvalue weighted by Crippen LogP contribution is 2.13. The van der Waals surface area contributed by atoms with Gasteiger partial charge in [-0.25, -0.2) is 4.79 Å². The van der Waals surface area contributed by atoms with Crippen LogP contribution < -0.4 is 15.8 Å². The van der Waals surface area contributed by atoms with Crippen molar-refractivity contribution in [2.45, 2.75) is 31.7 Å². The van der Waals surface area contributed by atoms with Crippen molar-refractivity contribution >= 4 is 17.8 Å². The summed E-state index contributed by atoms with van der Waals surface area (Å²) in [6.45, 7) is 0.600. The van der Waals surface area contributed by atoms with E-state index in [0.717, 1.165) is 16.9 Å². The van der Waals surface area contributed by atoms with Crippen LogP contribution in [-0.2, 0) is 32.1 Å². The van der Waals surface area contributed by atoms with Gasteiger partial charge in [0, 0.05) is 6.54 Å². The third kappa shape index (κ3) is 11.5. The van der Waals surface area contributed by atoms with Gasteiger partial charge < -0.3 is 25.6 Å². The molecule has 11 heteroatoms. The van der Waals surface area contributed by atoms with E-state index in [4.69, 9.17) is 25.1 Å². The van der Waals surface area contributed by atoms with Crippen LogP contribution in [0.2, 0.25) is 0 Å². The fraction of sp³-hybridized carbons (Fsp3) is 0.318. The van der Waals surface area contributed by atoms with E-state index in [1.807, 2.05) is 54.6 Å². The van der Waals surface area contributed by atoms with Crippen LogP contribution in [0.3, 0.4) is 0 Å². The minimum atomic E-state index is -5.08. The molecule has 1 amide bonds. The van der Waals surface area contributed by atoms with E-state index in [9.17, 15) is 22.8 Å². The largest absolute Gasteiger partial charge is 0.497 e. The summed E-state index contributed by atoms with van der Waals surface area (Å²) >= 11 is 0. The molecule has 0 heterocycles. The number of nitrogens with one attached hydrogen (secondary N) is 1. The van der Waals surface area contributed by atoms with Gasteiger partial charge in [-0.1, -0.05) is 42.5 Å². The molecule has 180 valence electrons. The van der Waals surface area contributed by atoms with Crippen molar-refractivity contribution in [2.24, 2.45) is 5.73 Å². The number of methoxy groups -OCH3 is 1. The molecule has 0 radical (unpaired) electrons. The average Bonchev–Trinajstić information content (AvgIpc) is 2.78. The maximum absolute atomic E-state index is 12.0. The van der Waals surface area contributed by atoms with E-state index in [-0.39, 0.29) is 18.9 Å². The van der Waals surface area contributed by atoms with Crippen LogP contribution >= 0.6 is 0 Å². The number of carbonyl (C=O) groups is 3. The number of ether oxygens (including phenoxy) is 2. The van der Waals surface area contributed by atoms with Gasteiger partial charge in [0.05, 0.1) is 19.6 Å². The number of aliphatic carboxylic acids is 1. The number of carboxylic acid groups (broad SMARTS) is 1. The Kier molecular flexibility index (Phi) is 11.4. The second-order valence-corrected chi connectivity index (χ2v) is 6.65. The number of carbonyl (C=O) groups excluding carboxylic acids is 2. The first-order chi connectivity index (χ1) is 15.5. The van der Waals surface area contributed by atoms with Crippen LogP contribution in [0.1, 0.15) is 17.5 Å². The lowest BCUT2D eigenvalue weighted by atomic mass is 10.1. The molecule has 0 saturated heterocycles. The molecule has 0 aromatic heterocycles. The lowest BCUT2D eigenvalue weighted by Gasteiger charge is -2.12. The average molecular weight is 470 g/mol. The molecular formula is C22H25F3N2O6. The van der Waals surface area contributed by atoms with Gasteiger partial charge in [0.1, 0.15) is 12.4 Å². The molecule has 1 atom stereocenters. The van der Waals surface area contributed by atoms with Gasteiger partial charge in [-0.05, 0) is 29.7 Å². The monoisotopic (exact) mass is 470 g/mol. The second-order valence-electron chi connectivity index (χ2n) is 6.65. The van der Waals surface area contributed by atoms with Gasteiger partial charge in [-0.2, -0.15) is 13.2 Å². The van der Waals surface area contributed by atoms with E-state index >= 15 is 0 Å². The van der Waals surface area contributed by atoms with E-state index in [2.05, 4.69) is 5.32 Å². The first-order valence-electron chi connectivity index (χ1n) is 9.68.